The van der Waals surface area contributed by atoms with E-state index in [0.717, 1.165) is 12.0 Å². The Morgan fingerprint density at radius 2 is 1.90 bits per heavy atom. The molecule has 106 valence electrons. The Kier molecular flexibility index (Phi) is 4.39. The molecule has 2 rings (SSSR count). The second-order valence-electron chi connectivity index (χ2n) is 4.73. The van der Waals surface area contributed by atoms with Crippen LogP contribution in [0.5, 0.6) is 0 Å². The van der Waals surface area contributed by atoms with Crippen molar-refractivity contribution in [3.05, 3.63) is 54.4 Å². The van der Waals surface area contributed by atoms with Gasteiger partial charge in [0.15, 0.2) is 0 Å². The maximum absolute atomic E-state index is 12.2. The van der Waals surface area contributed by atoms with E-state index in [9.17, 15) is 8.42 Å². The van der Waals surface area contributed by atoms with Crippen LogP contribution < -0.4 is 4.72 Å². The second kappa shape index (κ2) is 6.05. The van der Waals surface area contributed by atoms with Gasteiger partial charge < -0.3 is 0 Å². The van der Waals surface area contributed by atoms with Crippen LogP contribution in [-0.4, -0.2) is 13.4 Å². The predicted molar refractivity (Wildman–Crippen MR) is 80.2 cm³/mol. The molecular formula is C15H18N2O2S. The Morgan fingerprint density at radius 1 is 1.20 bits per heavy atom. The molecule has 5 heteroatoms. The molecule has 0 unspecified atom stereocenters. The van der Waals surface area contributed by atoms with E-state index in [0.29, 0.717) is 11.6 Å². The van der Waals surface area contributed by atoms with Gasteiger partial charge in [-0.1, -0.05) is 26.0 Å². The standard InChI is InChI=1S/C15H18N2O2S/c1-3-12(2)13-6-8-15(9-7-13)20(18,19)17-14-5-4-10-16-11-14/h4-12,17H,3H2,1-2H3/t12-/m1/s1. The lowest BCUT2D eigenvalue weighted by atomic mass is 9.99. The minimum atomic E-state index is -3.55. The summed E-state index contributed by atoms with van der Waals surface area (Å²) in [6.45, 7) is 4.23. The molecule has 0 bridgehead atoms. The zero-order valence-corrected chi connectivity index (χ0v) is 12.4. The first-order chi connectivity index (χ1) is 9.53. The normalized spacial score (nSPS) is 12.9. The molecule has 0 radical (unpaired) electrons. The molecule has 0 spiro atoms. The summed E-state index contributed by atoms with van der Waals surface area (Å²) < 4.78 is 26.9. The number of anilines is 1. The molecule has 0 fully saturated rings. The highest BCUT2D eigenvalue weighted by atomic mass is 32.2. The van der Waals surface area contributed by atoms with Gasteiger partial charge in [0.05, 0.1) is 16.8 Å². The molecular weight excluding hydrogens is 272 g/mol. The average Bonchev–Trinajstić information content (AvgIpc) is 2.47. The van der Waals surface area contributed by atoms with Crippen molar-refractivity contribution in [3.8, 4) is 0 Å². The van der Waals surface area contributed by atoms with Crippen molar-refractivity contribution < 1.29 is 8.42 Å². The Morgan fingerprint density at radius 3 is 2.45 bits per heavy atom. The van der Waals surface area contributed by atoms with Gasteiger partial charge >= 0.3 is 0 Å². The van der Waals surface area contributed by atoms with Crippen LogP contribution in [0.4, 0.5) is 5.69 Å². The molecule has 0 aliphatic heterocycles. The van der Waals surface area contributed by atoms with Crippen molar-refractivity contribution in [2.75, 3.05) is 4.72 Å². The summed E-state index contributed by atoms with van der Waals surface area (Å²) in [6, 6.07) is 10.4. The number of benzene rings is 1. The Bertz CT molecular complexity index is 652. The van der Waals surface area contributed by atoms with Gasteiger partial charge in [0.2, 0.25) is 0 Å². The predicted octanol–water partition coefficient (Wildman–Crippen LogP) is 3.40. The van der Waals surface area contributed by atoms with Crippen molar-refractivity contribution in [3.63, 3.8) is 0 Å². The van der Waals surface area contributed by atoms with Crippen LogP contribution in [0.3, 0.4) is 0 Å². The van der Waals surface area contributed by atoms with Crippen LogP contribution in [0.15, 0.2) is 53.7 Å². The lowest BCUT2D eigenvalue weighted by molar-refractivity contribution is 0.601. The van der Waals surface area contributed by atoms with Crippen LogP contribution >= 0.6 is 0 Å². The molecule has 0 saturated heterocycles. The molecule has 0 aliphatic rings. The van der Waals surface area contributed by atoms with Crippen molar-refractivity contribution in [2.45, 2.75) is 31.1 Å². The van der Waals surface area contributed by atoms with E-state index < -0.39 is 10.0 Å². The van der Waals surface area contributed by atoms with Crippen LogP contribution in [0.25, 0.3) is 0 Å². The maximum Gasteiger partial charge on any atom is 0.261 e. The average molecular weight is 290 g/mol. The van der Waals surface area contributed by atoms with E-state index in [-0.39, 0.29) is 4.90 Å². The summed E-state index contributed by atoms with van der Waals surface area (Å²) >= 11 is 0. The van der Waals surface area contributed by atoms with Crippen molar-refractivity contribution in [1.29, 1.82) is 0 Å². The summed E-state index contributed by atoms with van der Waals surface area (Å²) in [4.78, 5) is 4.14. The SMILES string of the molecule is CC[C@@H](C)c1ccc(S(=O)(=O)Nc2cccnc2)cc1. The van der Waals surface area contributed by atoms with Gasteiger partial charge in [-0.05, 0) is 42.2 Å². The van der Waals surface area contributed by atoms with Gasteiger partial charge in [-0.25, -0.2) is 8.42 Å². The molecule has 2 aromatic rings. The molecule has 1 N–H and O–H groups in total. The number of nitrogens with zero attached hydrogens (tertiary/aromatic N) is 1. The third-order valence-corrected chi connectivity index (χ3v) is 4.68. The van der Waals surface area contributed by atoms with Crippen LogP contribution in [0.1, 0.15) is 31.7 Å². The number of nitrogens with one attached hydrogen (secondary N) is 1. The monoisotopic (exact) mass is 290 g/mol. The van der Waals surface area contributed by atoms with E-state index in [1.165, 1.54) is 6.20 Å². The fraction of sp³-hybridized carbons (Fsp3) is 0.267. The number of aromatic nitrogens is 1. The van der Waals surface area contributed by atoms with E-state index in [1.54, 1.807) is 30.5 Å². The quantitative estimate of drug-likeness (QED) is 0.918. The highest BCUT2D eigenvalue weighted by molar-refractivity contribution is 7.92. The smallest absolute Gasteiger partial charge is 0.261 e. The third-order valence-electron chi connectivity index (χ3n) is 3.29. The zero-order valence-electron chi connectivity index (χ0n) is 11.6. The summed E-state index contributed by atoms with van der Waals surface area (Å²) in [7, 11) is -3.55. The fourth-order valence-electron chi connectivity index (χ4n) is 1.85. The van der Waals surface area contributed by atoms with Crippen LogP contribution in [0, 0.1) is 0 Å². The molecule has 0 saturated carbocycles. The molecule has 0 amide bonds. The highest BCUT2D eigenvalue weighted by Gasteiger charge is 2.14. The van der Waals surface area contributed by atoms with Gasteiger partial charge in [-0.2, -0.15) is 0 Å². The number of pyridine rings is 1. The van der Waals surface area contributed by atoms with E-state index in [4.69, 9.17) is 0 Å². The molecule has 4 nitrogen and oxygen atoms in total. The van der Waals surface area contributed by atoms with E-state index >= 15 is 0 Å². The summed E-state index contributed by atoms with van der Waals surface area (Å²) in [5.41, 5.74) is 1.60. The van der Waals surface area contributed by atoms with Gasteiger partial charge in [0.25, 0.3) is 10.0 Å². The van der Waals surface area contributed by atoms with E-state index in [2.05, 4.69) is 23.6 Å². The Labute approximate surface area is 119 Å². The molecule has 1 atom stereocenters. The minimum Gasteiger partial charge on any atom is -0.278 e. The first-order valence-electron chi connectivity index (χ1n) is 6.55. The Hall–Kier alpha value is -1.88. The molecule has 0 aliphatic carbocycles. The Balaban J connectivity index is 2.22. The van der Waals surface area contributed by atoms with Gasteiger partial charge in [-0.3, -0.25) is 9.71 Å². The largest absolute Gasteiger partial charge is 0.278 e. The number of rotatable bonds is 5. The van der Waals surface area contributed by atoms with Crippen molar-refractivity contribution in [2.24, 2.45) is 0 Å². The molecule has 1 aromatic heterocycles. The van der Waals surface area contributed by atoms with Crippen LogP contribution in [0.2, 0.25) is 0 Å². The molecule has 1 aromatic carbocycles. The van der Waals surface area contributed by atoms with E-state index in [1.807, 2.05) is 12.1 Å². The summed E-state index contributed by atoms with van der Waals surface area (Å²) in [6.07, 6.45) is 4.10. The zero-order chi connectivity index (χ0) is 14.6. The lowest BCUT2D eigenvalue weighted by Crippen LogP contribution is -2.13. The number of sulfonamides is 1. The first kappa shape index (κ1) is 14.5. The minimum absolute atomic E-state index is 0.258. The third kappa shape index (κ3) is 3.36. The number of hydrogen-bond donors (Lipinski definition) is 1. The maximum atomic E-state index is 12.2. The molecule has 1 heterocycles. The van der Waals surface area contributed by atoms with Crippen molar-refractivity contribution in [1.82, 2.24) is 4.98 Å². The highest BCUT2D eigenvalue weighted by Crippen LogP contribution is 2.21. The van der Waals surface area contributed by atoms with Crippen LogP contribution in [-0.2, 0) is 10.0 Å². The first-order valence-corrected chi connectivity index (χ1v) is 8.04. The van der Waals surface area contributed by atoms with Gasteiger partial charge in [0, 0.05) is 6.20 Å². The van der Waals surface area contributed by atoms with Gasteiger partial charge in [0.1, 0.15) is 0 Å². The fourth-order valence-corrected chi connectivity index (χ4v) is 2.89. The van der Waals surface area contributed by atoms with Gasteiger partial charge in [-0.15, -0.1) is 0 Å². The summed E-state index contributed by atoms with van der Waals surface area (Å²) in [5.74, 6) is 0.429. The topological polar surface area (TPSA) is 59.1 Å². The lowest BCUT2D eigenvalue weighted by Gasteiger charge is -2.11. The second-order valence-corrected chi connectivity index (χ2v) is 6.41. The summed E-state index contributed by atoms with van der Waals surface area (Å²) in [5, 5.41) is 0. The number of hydrogen-bond acceptors (Lipinski definition) is 3. The molecule has 20 heavy (non-hydrogen) atoms. The van der Waals surface area contributed by atoms with Crippen molar-refractivity contribution >= 4 is 15.7 Å².